The lowest BCUT2D eigenvalue weighted by Gasteiger charge is -2.21. The van der Waals surface area contributed by atoms with Gasteiger partial charge in [-0.1, -0.05) is 51.9 Å². The molecule has 0 aromatic rings. The van der Waals surface area contributed by atoms with Crippen LogP contribution >= 0.6 is 0 Å². The second-order valence-electron chi connectivity index (χ2n) is 7.25. The molecule has 0 unspecified atom stereocenters. The lowest BCUT2D eigenvalue weighted by molar-refractivity contribution is -0.154. The molecule has 2 aliphatic rings. The zero-order valence-corrected chi connectivity index (χ0v) is 15.4. The van der Waals surface area contributed by atoms with E-state index in [1.807, 2.05) is 0 Å². The summed E-state index contributed by atoms with van der Waals surface area (Å²) in [5, 5.41) is 31.4. The molecule has 2 rings (SSSR count). The largest absolute Gasteiger partial charge is 0.394 e. The Morgan fingerprint density at radius 2 is 1.88 bits per heavy atom. The molecule has 2 saturated heterocycles. The molecule has 2 heterocycles. The number of aliphatic hydroxyl groups is 3. The molecule has 0 saturated carbocycles. The maximum absolute atomic E-state index is 12.2. The van der Waals surface area contributed by atoms with Crippen LogP contribution < -0.4 is 5.32 Å². The number of aliphatic hydroxyl groups excluding tert-OH is 2. The van der Waals surface area contributed by atoms with Gasteiger partial charge in [0.2, 0.25) is 5.60 Å². The standard InChI is InChI=1S/C19H31NO6/c1-2-3-4-5-6-7-8-9-14-15(26-14)10-11-16(22)19(25)17(23)13(12-21)20-18(19)24/h10-11,13-15,17,21,23,25H,2-9,12H2,1H3,(H,20,24)/b11-10+/t13-,14+,15-,17-,19+/m0/s1. The van der Waals surface area contributed by atoms with E-state index in [4.69, 9.17) is 9.84 Å². The summed E-state index contributed by atoms with van der Waals surface area (Å²) in [5.74, 6) is -1.89. The molecule has 148 valence electrons. The monoisotopic (exact) mass is 369 g/mol. The molecule has 0 aliphatic carbocycles. The van der Waals surface area contributed by atoms with Crippen molar-refractivity contribution in [1.29, 1.82) is 0 Å². The first-order valence-electron chi connectivity index (χ1n) is 9.65. The van der Waals surface area contributed by atoms with E-state index < -0.39 is 36.0 Å². The first-order valence-corrected chi connectivity index (χ1v) is 9.65. The average Bonchev–Trinajstić information content (AvgIpc) is 3.35. The Bertz CT molecular complexity index is 522. The summed E-state index contributed by atoms with van der Waals surface area (Å²) in [7, 11) is 0. The summed E-state index contributed by atoms with van der Waals surface area (Å²) < 4.78 is 5.48. The van der Waals surface area contributed by atoms with Gasteiger partial charge < -0.3 is 25.4 Å². The molecule has 0 bridgehead atoms. The molecule has 0 aromatic carbocycles. The van der Waals surface area contributed by atoms with Gasteiger partial charge >= 0.3 is 0 Å². The third-order valence-electron chi connectivity index (χ3n) is 5.20. The van der Waals surface area contributed by atoms with Crippen molar-refractivity contribution in [1.82, 2.24) is 5.32 Å². The van der Waals surface area contributed by atoms with E-state index in [0.717, 1.165) is 18.9 Å². The van der Waals surface area contributed by atoms with Crippen molar-refractivity contribution >= 4 is 11.7 Å². The molecule has 0 aromatic heterocycles. The minimum Gasteiger partial charge on any atom is -0.394 e. The number of rotatable bonds is 12. The number of epoxide rings is 1. The Hall–Kier alpha value is -1.28. The number of nitrogens with one attached hydrogen (secondary N) is 1. The predicted octanol–water partition coefficient (Wildman–Crippen LogP) is 0.602. The van der Waals surface area contributed by atoms with Crippen molar-refractivity contribution in [3.8, 4) is 0 Å². The summed E-state index contributed by atoms with van der Waals surface area (Å²) >= 11 is 0. The summed E-state index contributed by atoms with van der Waals surface area (Å²) in [6, 6.07) is -1.05. The van der Waals surface area contributed by atoms with Crippen LogP contribution in [0, 0.1) is 0 Å². The van der Waals surface area contributed by atoms with E-state index in [0.29, 0.717) is 0 Å². The molecule has 2 fully saturated rings. The van der Waals surface area contributed by atoms with Gasteiger partial charge in [-0.2, -0.15) is 0 Å². The lowest BCUT2D eigenvalue weighted by atomic mass is 9.91. The summed E-state index contributed by atoms with van der Waals surface area (Å²) in [6.07, 6.45) is 10.4. The third kappa shape index (κ3) is 4.91. The van der Waals surface area contributed by atoms with E-state index in [9.17, 15) is 19.8 Å². The van der Waals surface area contributed by atoms with Crippen LogP contribution in [0.5, 0.6) is 0 Å². The van der Waals surface area contributed by atoms with Gasteiger partial charge in [-0.15, -0.1) is 0 Å². The molecule has 7 nitrogen and oxygen atoms in total. The van der Waals surface area contributed by atoms with Crippen LogP contribution in [0.25, 0.3) is 0 Å². The number of ketones is 1. The van der Waals surface area contributed by atoms with Crippen LogP contribution in [-0.2, 0) is 14.3 Å². The lowest BCUT2D eigenvalue weighted by Crippen LogP contribution is -2.52. The molecule has 4 N–H and O–H groups in total. The Kier molecular flexibility index (Phi) is 7.76. The molecule has 1 amide bonds. The van der Waals surface area contributed by atoms with Gasteiger partial charge in [0, 0.05) is 0 Å². The summed E-state index contributed by atoms with van der Waals surface area (Å²) in [4.78, 5) is 24.0. The minimum absolute atomic E-state index is 0.0804. The van der Waals surface area contributed by atoms with Crippen molar-refractivity contribution in [2.24, 2.45) is 0 Å². The number of ether oxygens (including phenoxy) is 1. The second-order valence-corrected chi connectivity index (χ2v) is 7.25. The van der Waals surface area contributed by atoms with Gasteiger partial charge in [-0.3, -0.25) is 9.59 Å². The number of unbranched alkanes of at least 4 members (excludes halogenated alkanes) is 6. The van der Waals surface area contributed by atoms with Crippen molar-refractivity contribution in [3.05, 3.63) is 12.2 Å². The van der Waals surface area contributed by atoms with Crippen LogP contribution in [0.3, 0.4) is 0 Å². The molecule has 5 atom stereocenters. The first kappa shape index (κ1) is 21.0. The normalized spacial score (nSPS) is 33.6. The van der Waals surface area contributed by atoms with Gasteiger partial charge in [0.25, 0.3) is 5.91 Å². The van der Waals surface area contributed by atoms with Crippen LogP contribution in [0.1, 0.15) is 58.3 Å². The highest BCUT2D eigenvalue weighted by Crippen LogP contribution is 2.30. The summed E-state index contributed by atoms with van der Waals surface area (Å²) in [5.41, 5.74) is -2.55. The van der Waals surface area contributed by atoms with E-state index in [2.05, 4.69) is 12.2 Å². The van der Waals surface area contributed by atoms with Gasteiger partial charge in [0.05, 0.1) is 18.8 Å². The van der Waals surface area contributed by atoms with Crippen molar-refractivity contribution in [2.75, 3.05) is 6.61 Å². The third-order valence-corrected chi connectivity index (χ3v) is 5.20. The molecular weight excluding hydrogens is 338 g/mol. The topological polar surface area (TPSA) is 119 Å². The van der Waals surface area contributed by atoms with Gasteiger partial charge in [0.1, 0.15) is 12.2 Å². The maximum atomic E-state index is 12.2. The number of amides is 1. The Morgan fingerprint density at radius 1 is 1.23 bits per heavy atom. The molecule has 2 aliphatic heterocycles. The predicted molar refractivity (Wildman–Crippen MR) is 95.4 cm³/mol. The molecule has 0 radical (unpaired) electrons. The Labute approximate surface area is 154 Å². The number of hydrogen-bond donors (Lipinski definition) is 4. The minimum atomic E-state index is -2.55. The van der Waals surface area contributed by atoms with Crippen LogP contribution in [0.15, 0.2) is 12.2 Å². The van der Waals surface area contributed by atoms with E-state index in [1.54, 1.807) is 0 Å². The van der Waals surface area contributed by atoms with Crippen molar-refractivity contribution in [3.63, 3.8) is 0 Å². The van der Waals surface area contributed by atoms with E-state index in [1.165, 1.54) is 44.6 Å². The highest BCUT2D eigenvalue weighted by atomic mass is 16.6. The first-order chi connectivity index (χ1) is 12.4. The van der Waals surface area contributed by atoms with Gasteiger partial charge in [-0.05, 0) is 18.6 Å². The number of carbonyl (C=O) groups excluding carboxylic acids is 2. The maximum Gasteiger partial charge on any atom is 0.263 e. The Morgan fingerprint density at radius 3 is 2.50 bits per heavy atom. The van der Waals surface area contributed by atoms with Crippen LogP contribution in [-0.4, -0.2) is 63.6 Å². The molecule has 0 spiro atoms. The van der Waals surface area contributed by atoms with Gasteiger partial charge in [0.15, 0.2) is 5.78 Å². The quantitative estimate of drug-likeness (QED) is 0.173. The van der Waals surface area contributed by atoms with E-state index >= 15 is 0 Å². The highest BCUT2D eigenvalue weighted by molar-refractivity contribution is 6.16. The van der Waals surface area contributed by atoms with Crippen molar-refractivity contribution in [2.45, 2.75) is 88.2 Å². The van der Waals surface area contributed by atoms with Crippen LogP contribution in [0.2, 0.25) is 0 Å². The fraction of sp³-hybridized carbons (Fsp3) is 0.789. The molecule has 26 heavy (non-hydrogen) atoms. The van der Waals surface area contributed by atoms with Crippen LogP contribution in [0.4, 0.5) is 0 Å². The molecular formula is C19H31NO6. The SMILES string of the molecule is CCCCCCCCC[C@H]1O[C@H]1/C=C/C(=O)[C@]1(O)C(=O)N[C@@H](CO)[C@@H]1O. The summed E-state index contributed by atoms with van der Waals surface area (Å²) in [6.45, 7) is 1.64. The highest BCUT2D eigenvalue weighted by Gasteiger charge is 2.58. The average molecular weight is 369 g/mol. The van der Waals surface area contributed by atoms with Gasteiger partial charge in [-0.25, -0.2) is 0 Å². The zero-order chi connectivity index (χ0) is 19.2. The van der Waals surface area contributed by atoms with E-state index in [-0.39, 0.29) is 12.2 Å². The smallest absolute Gasteiger partial charge is 0.263 e. The second kappa shape index (κ2) is 9.60. The van der Waals surface area contributed by atoms with Crippen molar-refractivity contribution < 1.29 is 29.6 Å². The Balaban J connectivity index is 1.69. The fourth-order valence-electron chi connectivity index (χ4n) is 3.36. The number of hydrogen-bond acceptors (Lipinski definition) is 6. The zero-order valence-electron chi connectivity index (χ0n) is 15.4. The number of carbonyl (C=O) groups is 2. The molecule has 7 heteroatoms. The fourth-order valence-corrected chi connectivity index (χ4v) is 3.36.